The lowest BCUT2D eigenvalue weighted by atomic mass is 10.1. The number of aromatic nitrogens is 3. The third-order valence-corrected chi connectivity index (χ3v) is 6.61. The van der Waals surface area contributed by atoms with E-state index in [2.05, 4.69) is 31.6 Å². The van der Waals surface area contributed by atoms with Crippen LogP contribution in [0.5, 0.6) is 0 Å². The van der Waals surface area contributed by atoms with Gasteiger partial charge >= 0.3 is 0 Å². The number of benzene rings is 2. The Hall–Kier alpha value is -3.17. The zero-order chi connectivity index (χ0) is 24.4. The van der Waals surface area contributed by atoms with Gasteiger partial charge in [0.25, 0.3) is 5.56 Å². The molecular formula is C25H24Cl2N6O2. The lowest BCUT2D eigenvalue weighted by Gasteiger charge is -2.31. The van der Waals surface area contributed by atoms with Gasteiger partial charge in [-0.1, -0.05) is 29.3 Å². The molecule has 1 saturated heterocycles. The largest absolute Gasteiger partial charge is 0.396 e. The van der Waals surface area contributed by atoms with Crippen LogP contribution in [-0.4, -0.2) is 52.4 Å². The molecule has 4 aromatic rings. The lowest BCUT2D eigenvalue weighted by Crippen LogP contribution is -2.43. The van der Waals surface area contributed by atoms with Crippen LogP contribution in [0.25, 0.3) is 16.6 Å². The zero-order valence-electron chi connectivity index (χ0n) is 18.8. The molecule has 0 radical (unpaired) electrons. The highest BCUT2D eigenvalue weighted by molar-refractivity contribution is 6.37. The predicted molar refractivity (Wildman–Crippen MR) is 141 cm³/mol. The van der Waals surface area contributed by atoms with Gasteiger partial charge in [0.05, 0.1) is 26.6 Å². The fourth-order valence-electron chi connectivity index (χ4n) is 4.31. The lowest BCUT2D eigenvalue weighted by molar-refractivity contribution is 0.299. The predicted octanol–water partition coefficient (Wildman–Crippen LogP) is 3.78. The number of pyridine rings is 1. The minimum atomic E-state index is -0.311. The van der Waals surface area contributed by atoms with Gasteiger partial charge in [0, 0.05) is 56.6 Å². The Morgan fingerprint density at radius 2 is 1.86 bits per heavy atom. The number of hydrogen-bond acceptors (Lipinski definition) is 7. The fourth-order valence-corrected chi connectivity index (χ4v) is 4.89. The Bertz CT molecular complexity index is 1420. The monoisotopic (exact) mass is 510 g/mol. The van der Waals surface area contributed by atoms with Crippen molar-refractivity contribution in [2.24, 2.45) is 0 Å². The van der Waals surface area contributed by atoms with Crippen LogP contribution in [0.2, 0.25) is 10.0 Å². The third-order valence-electron chi connectivity index (χ3n) is 6.00. The van der Waals surface area contributed by atoms with Gasteiger partial charge < -0.3 is 20.6 Å². The third kappa shape index (κ3) is 4.83. The van der Waals surface area contributed by atoms with Gasteiger partial charge in [-0.15, -0.1) is 0 Å². The van der Waals surface area contributed by atoms with E-state index in [9.17, 15) is 9.90 Å². The van der Waals surface area contributed by atoms with Crippen LogP contribution in [0.4, 0.5) is 17.3 Å². The first-order valence-corrected chi connectivity index (χ1v) is 12.1. The molecule has 0 aliphatic carbocycles. The number of nitrogens with zero attached hydrogens (tertiary/aromatic N) is 4. The first kappa shape index (κ1) is 23.6. The number of fused-ring (bicyclic) bond motifs is 1. The molecule has 0 atom stereocenters. The fraction of sp³-hybridized carbons (Fsp3) is 0.240. The van der Waals surface area contributed by atoms with E-state index in [1.165, 1.54) is 10.8 Å². The van der Waals surface area contributed by atoms with E-state index in [1.807, 2.05) is 12.1 Å². The molecule has 35 heavy (non-hydrogen) atoms. The molecule has 2 aromatic carbocycles. The Kier molecular flexibility index (Phi) is 6.88. The van der Waals surface area contributed by atoms with Crippen LogP contribution in [-0.2, 0) is 6.42 Å². The molecule has 10 heteroatoms. The van der Waals surface area contributed by atoms with E-state index in [0.29, 0.717) is 39.0 Å². The molecule has 0 spiro atoms. The average Bonchev–Trinajstić information content (AvgIpc) is 2.86. The summed E-state index contributed by atoms with van der Waals surface area (Å²) >= 11 is 12.6. The number of halogens is 2. The Labute approximate surface area is 212 Å². The number of nitrogens with one attached hydrogen (secondary N) is 2. The molecule has 1 aliphatic heterocycles. The van der Waals surface area contributed by atoms with Gasteiger partial charge in [-0.3, -0.25) is 9.36 Å². The molecule has 8 nitrogen and oxygen atoms in total. The summed E-state index contributed by atoms with van der Waals surface area (Å²) in [6.07, 6.45) is 3.66. The van der Waals surface area contributed by atoms with Crippen LogP contribution in [0.1, 0.15) is 5.56 Å². The van der Waals surface area contributed by atoms with E-state index < -0.39 is 0 Å². The highest BCUT2D eigenvalue weighted by atomic mass is 35.5. The van der Waals surface area contributed by atoms with Crippen LogP contribution in [0, 0.1) is 0 Å². The van der Waals surface area contributed by atoms with Gasteiger partial charge in [-0.25, -0.2) is 9.97 Å². The highest BCUT2D eigenvalue weighted by Gasteiger charge is 2.16. The molecule has 0 bridgehead atoms. The molecule has 1 fully saturated rings. The van der Waals surface area contributed by atoms with Gasteiger partial charge in [0.1, 0.15) is 0 Å². The molecule has 0 unspecified atom stereocenters. The smallest absolute Gasteiger partial charge is 0.266 e. The van der Waals surface area contributed by atoms with Gasteiger partial charge in [0.2, 0.25) is 5.95 Å². The number of anilines is 3. The summed E-state index contributed by atoms with van der Waals surface area (Å²) in [7, 11) is 0. The summed E-state index contributed by atoms with van der Waals surface area (Å²) < 4.78 is 1.40. The van der Waals surface area contributed by atoms with E-state index in [-0.39, 0.29) is 12.2 Å². The van der Waals surface area contributed by atoms with Gasteiger partial charge in [-0.05, 0) is 48.4 Å². The summed E-state index contributed by atoms with van der Waals surface area (Å²) in [5, 5.41) is 17.3. The van der Waals surface area contributed by atoms with Crippen molar-refractivity contribution in [3.63, 3.8) is 0 Å². The standard InChI is InChI=1S/C25H24Cl2N6O2/c26-19-2-1-3-20(27)23(19)33-10-6-21-18(24(33)35)15-29-25(31-21)30-17-4-5-22(16(14-17)7-13-34)32-11-8-28-9-12-32/h1-6,10,14-15,28,34H,7-9,11-13H2,(H,29,30,31). The van der Waals surface area contributed by atoms with Crippen LogP contribution in [0.3, 0.4) is 0 Å². The quantitative estimate of drug-likeness (QED) is 0.363. The second-order valence-corrected chi connectivity index (χ2v) is 9.05. The molecular weight excluding hydrogens is 487 g/mol. The number of rotatable bonds is 6. The Morgan fingerprint density at radius 1 is 1.09 bits per heavy atom. The molecule has 5 rings (SSSR count). The van der Waals surface area contributed by atoms with E-state index >= 15 is 0 Å². The van der Waals surface area contributed by atoms with Crippen molar-refractivity contribution in [2.75, 3.05) is 43.0 Å². The molecule has 1 aliphatic rings. The maximum atomic E-state index is 13.1. The minimum absolute atomic E-state index is 0.0662. The normalized spacial score (nSPS) is 13.9. The second-order valence-electron chi connectivity index (χ2n) is 8.23. The summed E-state index contributed by atoms with van der Waals surface area (Å²) in [5.74, 6) is 0.371. The van der Waals surface area contributed by atoms with Crippen molar-refractivity contribution in [2.45, 2.75) is 6.42 Å². The molecule has 180 valence electrons. The van der Waals surface area contributed by atoms with Crippen molar-refractivity contribution in [3.05, 3.63) is 80.8 Å². The number of piperazine rings is 1. The maximum absolute atomic E-state index is 13.1. The van der Waals surface area contributed by atoms with Gasteiger partial charge in [-0.2, -0.15) is 0 Å². The summed E-state index contributed by atoms with van der Waals surface area (Å²) in [6, 6.07) is 12.9. The maximum Gasteiger partial charge on any atom is 0.266 e. The molecule has 3 N–H and O–H groups in total. The SMILES string of the molecule is O=c1c2cnc(Nc3ccc(N4CCNCC4)c(CCO)c3)nc2ccn1-c1c(Cl)cccc1Cl. The van der Waals surface area contributed by atoms with Crippen LogP contribution >= 0.6 is 23.2 Å². The van der Waals surface area contributed by atoms with E-state index in [4.69, 9.17) is 23.2 Å². The molecule has 0 amide bonds. The summed E-state index contributed by atoms with van der Waals surface area (Å²) in [6.45, 7) is 3.80. The molecule has 3 heterocycles. The van der Waals surface area contributed by atoms with Crippen molar-refractivity contribution >= 4 is 51.4 Å². The topological polar surface area (TPSA) is 95.3 Å². The molecule has 0 saturated carbocycles. The van der Waals surface area contributed by atoms with Crippen LogP contribution < -0.4 is 21.1 Å². The Morgan fingerprint density at radius 3 is 2.60 bits per heavy atom. The van der Waals surface area contributed by atoms with Crippen molar-refractivity contribution in [1.29, 1.82) is 0 Å². The van der Waals surface area contributed by atoms with E-state index in [1.54, 1.807) is 30.5 Å². The van der Waals surface area contributed by atoms with Crippen molar-refractivity contribution < 1.29 is 5.11 Å². The van der Waals surface area contributed by atoms with Crippen LogP contribution in [0.15, 0.2) is 59.7 Å². The first-order chi connectivity index (χ1) is 17.0. The number of aliphatic hydroxyl groups excluding tert-OH is 1. The average molecular weight is 511 g/mol. The summed E-state index contributed by atoms with van der Waals surface area (Å²) in [5.41, 5.74) is 3.60. The van der Waals surface area contributed by atoms with E-state index in [0.717, 1.165) is 43.1 Å². The summed E-state index contributed by atoms with van der Waals surface area (Å²) in [4.78, 5) is 24.3. The highest BCUT2D eigenvalue weighted by Crippen LogP contribution is 2.29. The first-order valence-electron chi connectivity index (χ1n) is 11.3. The molecule has 2 aromatic heterocycles. The zero-order valence-corrected chi connectivity index (χ0v) is 20.4. The number of para-hydroxylation sites is 1. The van der Waals surface area contributed by atoms with Gasteiger partial charge in [0.15, 0.2) is 0 Å². The second kappa shape index (κ2) is 10.2. The Balaban J connectivity index is 1.45. The minimum Gasteiger partial charge on any atom is -0.396 e. The van der Waals surface area contributed by atoms with Crippen molar-refractivity contribution in [1.82, 2.24) is 19.9 Å². The number of hydrogen-bond donors (Lipinski definition) is 3. The van der Waals surface area contributed by atoms with Crippen molar-refractivity contribution in [3.8, 4) is 5.69 Å². The number of aliphatic hydroxyl groups is 1.